The normalized spacial score (nSPS) is 11.3. The van der Waals surface area contributed by atoms with Crippen molar-refractivity contribution in [2.75, 3.05) is 0 Å². The molecule has 3 rings (SSSR count). The van der Waals surface area contributed by atoms with Gasteiger partial charge in [0.15, 0.2) is 5.82 Å². The van der Waals surface area contributed by atoms with Crippen LogP contribution in [0.25, 0.3) is 10.9 Å². The van der Waals surface area contributed by atoms with Crippen molar-refractivity contribution in [1.82, 2.24) is 9.97 Å². The van der Waals surface area contributed by atoms with E-state index in [4.69, 9.17) is 11.6 Å². The molecule has 0 radical (unpaired) electrons. The number of rotatable bonds is 2. The number of hydrogen-bond acceptors (Lipinski definition) is 3. The van der Waals surface area contributed by atoms with Crippen LogP contribution < -0.4 is 0 Å². The maximum absolute atomic E-state index is 6.19. The average Bonchev–Trinajstić information content (AvgIpc) is 2.46. The SMILES string of the molecule is Cc1ccc2nc(Cl)c(C=Nc3ccccn3)cc2c1. The number of aromatic nitrogens is 2. The first kappa shape index (κ1) is 12.8. The molecule has 2 aromatic heterocycles. The Hall–Kier alpha value is -2.26. The summed E-state index contributed by atoms with van der Waals surface area (Å²) in [6.07, 6.45) is 3.40. The van der Waals surface area contributed by atoms with E-state index in [1.165, 1.54) is 5.56 Å². The molecule has 20 heavy (non-hydrogen) atoms. The van der Waals surface area contributed by atoms with Crippen LogP contribution in [0.1, 0.15) is 11.1 Å². The fourth-order valence-corrected chi connectivity index (χ4v) is 2.14. The standard InChI is InChI=1S/C16H12ClN3/c1-11-5-6-14-12(8-11)9-13(16(17)20-14)10-19-15-4-2-3-7-18-15/h2-10H,1H3. The van der Waals surface area contributed by atoms with Gasteiger partial charge in [0.1, 0.15) is 5.15 Å². The number of nitrogens with zero attached hydrogens (tertiary/aromatic N) is 3. The van der Waals surface area contributed by atoms with Crippen LogP contribution in [0.4, 0.5) is 5.82 Å². The van der Waals surface area contributed by atoms with Crippen LogP contribution in [0, 0.1) is 6.92 Å². The van der Waals surface area contributed by atoms with E-state index in [2.05, 4.69) is 28.0 Å². The van der Waals surface area contributed by atoms with Crippen molar-refractivity contribution >= 4 is 34.5 Å². The lowest BCUT2D eigenvalue weighted by atomic mass is 10.1. The Morgan fingerprint density at radius 2 is 2.05 bits per heavy atom. The van der Waals surface area contributed by atoms with Crippen LogP contribution in [0.5, 0.6) is 0 Å². The lowest BCUT2D eigenvalue weighted by Gasteiger charge is -2.03. The summed E-state index contributed by atoms with van der Waals surface area (Å²) in [4.78, 5) is 12.8. The van der Waals surface area contributed by atoms with E-state index >= 15 is 0 Å². The Bertz CT molecular complexity index is 782. The van der Waals surface area contributed by atoms with E-state index in [1.807, 2.05) is 36.4 Å². The number of fused-ring (bicyclic) bond motifs is 1. The quantitative estimate of drug-likeness (QED) is 0.517. The number of hydrogen-bond donors (Lipinski definition) is 0. The zero-order valence-electron chi connectivity index (χ0n) is 10.9. The van der Waals surface area contributed by atoms with Crippen molar-refractivity contribution in [2.24, 2.45) is 4.99 Å². The van der Waals surface area contributed by atoms with Gasteiger partial charge in [-0.3, -0.25) is 0 Å². The Labute approximate surface area is 122 Å². The van der Waals surface area contributed by atoms with Crippen molar-refractivity contribution in [3.63, 3.8) is 0 Å². The fraction of sp³-hybridized carbons (Fsp3) is 0.0625. The molecule has 0 aliphatic rings. The summed E-state index contributed by atoms with van der Waals surface area (Å²) >= 11 is 6.19. The predicted octanol–water partition coefficient (Wildman–Crippen LogP) is 4.34. The van der Waals surface area contributed by atoms with Gasteiger partial charge in [-0.2, -0.15) is 0 Å². The third kappa shape index (κ3) is 2.68. The van der Waals surface area contributed by atoms with E-state index in [1.54, 1.807) is 12.4 Å². The van der Waals surface area contributed by atoms with Gasteiger partial charge < -0.3 is 0 Å². The smallest absolute Gasteiger partial charge is 0.151 e. The lowest BCUT2D eigenvalue weighted by Crippen LogP contribution is -1.89. The lowest BCUT2D eigenvalue weighted by molar-refractivity contribution is 1.28. The summed E-state index contributed by atoms with van der Waals surface area (Å²) in [5.41, 5.74) is 2.86. The molecule has 0 aliphatic carbocycles. The second-order valence-corrected chi connectivity index (χ2v) is 4.87. The highest BCUT2D eigenvalue weighted by molar-refractivity contribution is 6.32. The molecule has 0 saturated heterocycles. The summed E-state index contributed by atoms with van der Waals surface area (Å²) < 4.78 is 0. The molecule has 98 valence electrons. The van der Waals surface area contributed by atoms with Gasteiger partial charge in [0, 0.05) is 23.4 Å². The minimum absolute atomic E-state index is 0.445. The average molecular weight is 282 g/mol. The van der Waals surface area contributed by atoms with Gasteiger partial charge in [0.05, 0.1) is 5.52 Å². The van der Waals surface area contributed by atoms with Crippen molar-refractivity contribution in [1.29, 1.82) is 0 Å². The number of benzene rings is 1. The highest BCUT2D eigenvalue weighted by Gasteiger charge is 2.03. The van der Waals surface area contributed by atoms with Gasteiger partial charge in [-0.25, -0.2) is 15.0 Å². The Morgan fingerprint density at radius 3 is 2.85 bits per heavy atom. The third-order valence-electron chi connectivity index (χ3n) is 2.94. The minimum atomic E-state index is 0.445. The van der Waals surface area contributed by atoms with Gasteiger partial charge in [0.25, 0.3) is 0 Å². The molecular weight excluding hydrogens is 270 g/mol. The third-order valence-corrected chi connectivity index (χ3v) is 3.24. The molecule has 0 bridgehead atoms. The molecule has 0 unspecified atom stereocenters. The van der Waals surface area contributed by atoms with Gasteiger partial charge >= 0.3 is 0 Å². The summed E-state index contributed by atoms with van der Waals surface area (Å²) in [6.45, 7) is 2.05. The molecule has 0 amide bonds. The summed E-state index contributed by atoms with van der Waals surface area (Å²) in [6, 6.07) is 13.6. The second kappa shape index (κ2) is 5.39. The maximum Gasteiger partial charge on any atom is 0.151 e. The first-order valence-corrected chi connectivity index (χ1v) is 6.62. The molecule has 0 N–H and O–H groups in total. The van der Waals surface area contributed by atoms with Gasteiger partial charge in [-0.15, -0.1) is 0 Å². The van der Waals surface area contributed by atoms with Crippen molar-refractivity contribution in [2.45, 2.75) is 6.92 Å². The van der Waals surface area contributed by atoms with Gasteiger partial charge in [-0.05, 0) is 37.3 Å². The van der Waals surface area contributed by atoms with Crippen molar-refractivity contribution in [3.05, 3.63) is 64.9 Å². The Balaban J connectivity index is 2.03. The van der Waals surface area contributed by atoms with Crippen LogP contribution in [0.2, 0.25) is 5.15 Å². The van der Waals surface area contributed by atoms with E-state index < -0.39 is 0 Å². The topological polar surface area (TPSA) is 38.1 Å². The van der Waals surface area contributed by atoms with Crippen LogP contribution in [0.3, 0.4) is 0 Å². The minimum Gasteiger partial charge on any atom is -0.237 e. The predicted molar refractivity (Wildman–Crippen MR) is 83.0 cm³/mol. The van der Waals surface area contributed by atoms with Crippen LogP contribution in [-0.2, 0) is 0 Å². The molecule has 1 aromatic carbocycles. The fourth-order valence-electron chi connectivity index (χ4n) is 1.95. The van der Waals surface area contributed by atoms with Crippen LogP contribution in [0.15, 0.2) is 53.7 Å². The number of aliphatic imine (C=N–C) groups is 1. The first-order valence-electron chi connectivity index (χ1n) is 6.24. The van der Waals surface area contributed by atoms with E-state index in [9.17, 15) is 0 Å². The zero-order valence-corrected chi connectivity index (χ0v) is 11.7. The van der Waals surface area contributed by atoms with Gasteiger partial charge in [0.2, 0.25) is 0 Å². The van der Waals surface area contributed by atoms with E-state index in [0.29, 0.717) is 11.0 Å². The maximum atomic E-state index is 6.19. The molecule has 0 atom stereocenters. The second-order valence-electron chi connectivity index (χ2n) is 4.51. The highest BCUT2D eigenvalue weighted by Crippen LogP contribution is 2.21. The molecule has 0 spiro atoms. The molecule has 0 aliphatic heterocycles. The van der Waals surface area contributed by atoms with Crippen LogP contribution >= 0.6 is 11.6 Å². The molecule has 2 heterocycles. The molecule has 0 saturated carbocycles. The molecule has 0 fully saturated rings. The van der Waals surface area contributed by atoms with Crippen LogP contribution in [-0.4, -0.2) is 16.2 Å². The Kier molecular flexibility index (Phi) is 3.44. The monoisotopic (exact) mass is 281 g/mol. The van der Waals surface area contributed by atoms with E-state index in [0.717, 1.165) is 16.5 Å². The molecule has 3 aromatic rings. The molecular formula is C16H12ClN3. The number of pyridine rings is 2. The van der Waals surface area contributed by atoms with Crippen molar-refractivity contribution in [3.8, 4) is 0 Å². The molecule has 4 heteroatoms. The zero-order chi connectivity index (χ0) is 13.9. The highest BCUT2D eigenvalue weighted by atomic mass is 35.5. The number of halogens is 1. The first-order chi connectivity index (χ1) is 9.72. The number of aryl methyl sites for hydroxylation is 1. The summed E-state index contributed by atoms with van der Waals surface area (Å²) in [5.74, 6) is 0.646. The summed E-state index contributed by atoms with van der Waals surface area (Å²) in [5, 5.41) is 1.50. The Morgan fingerprint density at radius 1 is 1.15 bits per heavy atom. The van der Waals surface area contributed by atoms with Crippen molar-refractivity contribution < 1.29 is 0 Å². The van der Waals surface area contributed by atoms with Gasteiger partial charge in [-0.1, -0.05) is 29.3 Å². The van der Waals surface area contributed by atoms with E-state index in [-0.39, 0.29) is 0 Å². The summed E-state index contributed by atoms with van der Waals surface area (Å²) in [7, 11) is 0. The molecule has 3 nitrogen and oxygen atoms in total. The largest absolute Gasteiger partial charge is 0.237 e.